The molecule has 0 saturated carbocycles. The molecule has 1 aromatic carbocycles. The highest BCUT2D eigenvalue weighted by Gasteiger charge is 2.25. The van der Waals surface area contributed by atoms with Crippen molar-refractivity contribution in [2.24, 2.45) is 5.92 Å². The van der Waals surface area contributed by atoms with Crippen LogP contribution >= 0.6 is 0 Å². The first-order valence-corrected chi connectivity index (χ1v) is 8.59. The molecule has 0 aliphatic carbocycles. The van der Waals surface area contributed by atoms with Gasteiger partial charge in [-0.05, 0) is 49.2 Å². The van der Waals surface area contributed by atoms with Crippen LogP contribution in [-0.4, -0.2) is 42.7 Å². The third-order valence-corrected chi connectivity index (χ3v) is 4.31. The fraction of sp³-hybridized carbons (Fsp3) is 0.368. The van der Waals surface area contributed by atoms with Gasteiger partial charge in [0.05, 0.1) is 13.7 Å². The summed E-state index contributed by atoms with van der Waals surface area (Å²) in [5.74, 6) is 0.959. The average molecular weight is 359 g/mol. The van der Waals surface area contributed by atoms with E-state index in [2.05, 4.69) is 10.3 Å². The normalized spacial score (nSPS) is 16.8. The maximum absolute atomic E-state index is 12.9. The van der Waals surface area contributed by atoms with Crippen LogP contribution in [0.25, 0.3) is 0 Å². The molecule has 1 aliphatic heterocycles. The zero-order valence-corrected chi connectivity index (χ0v) is 14.7. The third-order valence-electron chi connectivity index (χ3n) is 4.31. The molecule has 1 unspecified atom stereocenters. The monoisotopic (exact) mass is 359 g/mol. The van der Waals surface area contributed by atoms with Gasteiger partial charge in [0.15, 0.2) is 0 Å². The van der Waals surface area contributed by atoms with Crippen LogP contribution in [0.5, 0.6) is 11.6 Å². The zero-order chi connectivity index (χ0) is 18.4. The van der Waals surface area contributed by atoms with E-state index in [0.29, 0.717) is 37.0 Å². The Balaban J connectivity index is 1.54. The first kappa shape index (κ1) is 18.0. The van der Waals surface area contributed by atoms with Crippen LogP contribution in [0.2, 0.25) is 0 Å². The first-order valence-electron chi connectivity index (χ1n) is 8.59. The zero-order valence-electron chi connectivity index (χ0n) is 14.7. The number of anilines is 1. The summed E-state index contributed by atoms with van der Waals surface area (Å²) in [6, 6.07) is 9.28. The number of rotatable bonds is 5. The number of hydrogen-bond donors (Lipinski definition) is 1. The Hall–Kier alpha value is -2.83. The van der Waals surface area contributed by atoms with Crippen LogP contribution in [0.1, 0.15) is 12.8 Å². The van der Waals surface area contributed by atoms with Gasteiger partial charge in [-0.15, -0.1) is 0 Å². The number of nitrogens with one attached hydrogen (secondary N) is 1. The molecule has 0 spiro atoms. The Bertz CT molecular complexity index is 739. The molecule has 1 atom stereocenters. The second kappa shape index (κ2) is 8.51. The molecule has 1 aliphatic rings. The standard InChI is InChI=1S/C19H22FN3O3/c1-25-18-17(5-2-10-21-18)22-19(24)23-11-3-4-14(12-23)13-26-16-8-6-15(20)7-9-16/h2,5-10,14H,3-4,11-13H2,1H3,(H,22,24). The summed E-state index contributed by atoms with van der Waals surface area (Å²) in [7, 11) is 1.52. The Morgan fingerprint density at radius 1 is 1.35 bits per heavy atom. The summed E-state index contributed by atoms with van der Waals surface area (Å²) >= 11 is 0. The predicted molar refractivity (Wildman–Crippen MR) is 96.0 cm³/mol. The second-order valence-electron chi connectivity index (χ2n) is 6.21. The Kier molecular flexibility index (Phi) is 5.88. The van der Waals surface area contributed by atoms with Gasteiger partial charge in [0.2, 0.25) is 5.88 Å². The number of carbonyl (C=O) groups is 1. The van der Waals surface area contributed by atoms with Gasteiger partial charge >= 0.3 is 6.03 Å². The lowest BCUT2D eigenvalue weighted by atomic mass is 9.99. The number of amides is 2. The van der Waals surface area contributed by atoms with E-state index in [9.17, 15) is 9.18 Å². The number of halogens is 1. The summed E-state index contributed by atoms with van der Waals surface area (Å²) in [5.41, 5.74) is 0.546. The molecular formula is C19H22FN3O3. The summed E-state index contributed by atoms with van der Waals surface area (Å²) in [6.45, 7) is 1.79. The summed E-state index contributed by atoms with van der Waals surface area (Å²) in [5, 5.41) is 2.85. The Labute approximate surface area is 151 Å². The maximum Gasteiger partial charge on any atom is 0.322 e. The van der Waals surface area contributed by atoms with Crippen molar-refractivity contribution >= 4 is 11.7 Å². The van der Waals surface area contributed by atoms with Crippen LogP contribution in [0.4, 0.5) is 14.9 Å². The molecule has 0 bridgehead atoms. The van der Waals surface area contributed by atoms with Crippen LogP contribution in [0, 0.1) is 11.7 Å². The molecule has 0 radical (unpaired) electrons. The van der Waals surface area contributed by atoms with E-state index >= 15 is 0 Å². The molecule has 7 heteroatoms. The molecule has 3 rings (SSSR count). The first-order chi connectivity index (χ1) is 12.7. The second-order valence-corrected chi connectivity index (χ2v) is 6.21. The van der Waals surface area contributed by atoms with Gasteiger partial charge < -0.3 is 19.7 Å². The molecule has 6 nitrogen and oxygen atoms in total. The number of hydrogen-bond acceptors (Lipinski definition) is 4. The fourth-order valence-electron chi connectivity index (χ4n) is 2.97. The lowest BCUT2D eigenvalue weighted by Gasteiger charge is -2.32. The molecular weight excluding hydrogens is 337 g/mol. The highest BCUT2D eigenvalue weighted by Crippen LogP contribution is 2.23. The minimum Gasteiger partial charge on any atom is -0.493 e. The number of methoxy groups -OCH3 is 1. The average Bonchev–Trinajstić information content (AvgIpc) is 2.68. The summed E-state index contributed by atoms with van der Waals surface area (Å²) < 4.78 is 23.8. The highest BCUT2D eigenvalue weighted by molar-refractivity contribution is 5.90. The summed E-state index contributed by atoms with van der Waals surface area (Å²) in [6.07, 6.45) is 3.51. The smallest absolute Gasteiger partial charge is 0.322 e. The van der Waals surface area contributed by atoms with Crippen LogP contribution in [0.15, 0.2) is 42.6 Å². The largest absolute Gasteiger partial charge is 0.493 e. The van der Waals surface area contributed by atoms with Crippen LogP contribution in [-0.2, 0) is 0 Å². The van der Waals surface area contributed by atoms with E-state index in [1.54, 1.807) is 35.4 Å². The van der Waals surface area contributed by atoms with Crippen molar-refractivity contribution in [2.45, 2.75) is 12.8 Å². The van der Waals surface area contributed by atoms with Crippen molar-refractivity contribution in [1.29, 1.82) is 0 Å². The number of nitrogens with zero attached hydrogens (tertiary/aromatic N) is 2. The third kappa shape index (κ3) is 4.62. The van der Waals surface area contributed by atoms with Crippen molar-refractivity contribution in [2.75, 3.05) is 32.1 Å². The van der Waals surface area contributed by atoms with Crippen molar-refractivity contribution in [3.63, 3.8) is 0 Å². The lowest BCUT2D eigenvalue weighted by Crippen LogP contribution is -2.43. The number of likely N-dealkylation sites (tertiary alicyclic amines) is 1. The molecule has 2 amide bonds. The summed E-state index contributed by atoms with van der Waals surface area (Å²) in [4.78, 5) is 18.4. The Morgan fingerprint density at radius 3 is 2.92 bits per heavy atom. The van der Waals surface area contributed by atoms with Crippen molar-refractivity contribution in [3.8, 4) is 11.6 Å². The van der Waals surface area contributed by atoms with Gasteiger partial charge in [0.1, 0.15) is 17.3 Å². The number of ether oxygens (including phenoxy) is 2. The van der Waals surface area contributed by atoms with Crippen molar-refractivity contribution < 1.29 is 18.7 Å². The number of benzene rings is 1. The number of carbonyl (C=O) groups excluding carboxylic acids is 1. The number of pyridine rings is 1. The van der Waals surface area contributed by atoms with E-state index in [1.165, 1.54) is 19.2 Å². The van der Waals surface area contributed by atoms with E-state index in [4.69, 9.17) is 9.47 Å². The molecule has 2 heterocycles. The highest BCUT2D eigenvalue weighted by atomic mass is 19.1. The number of piperidine rings is 1. The van der Waals surface area contributed by atoms with Gasteiger partial charge in [-0.2, -0.15) is 0 Å². The van der Waals surface area contributed by atoms with E-state index in [-0.39, 0.29) is 17.8 Å². The van der Waals surface area contributed by atoms with E-state index < -0.39 is 0 Å². The molecule has 1 fully saturated rings. The van der Waals surface area contributed by atoms with Gasteiger partial charge in [-0.1, -0.05) is 0 Å². The maximum atomic E-state index is 12.9. The number of urea groups is 1. The molecule has 1 saturated heterocycles. The van der Waals surface area contributed by atoms with Crippen LogP contribution < -0.4 is 14.8 Å². The topological polar surface area (TPSA) is 63.7 Å². The minimum atomic E-state index is -0.288. The molecule has 26 heavy (non-hydrogen) atoms. The number of aromatic nitrogens is 1. The fourth-order valence-corrected chi connectivity index (χ4v) is 2.97. The predicted octanol–water partition coefficient (Wildman–Crippen LogP) is 3.55. The molecule has 1 N–H and O–H groups in total. The van der Waals surface area contributed by atoms with Gasteiger partial charge in [-0.3, -0.25) is 0 Å². The quantitative estimate of drug-likeness (QED) is 0.887. The molecule has 2 aromatic rings. The van der Waals surface area contributed by atoms with Crippen molar-refractivity contribution in [3.05, 3.63) is 48.4 Å². The SMILES string of the molecule is COc1ncccc1NC(=O)N1CCCC(COc2ccc(F)cc2)C1. The Morgan fingerprint density at radius 2 is 2.15 bits per heavy atom. The minimum absolute atomic E-state index is 0.178. The van der Waals surface area contributed by atoms with Crippen LogP contribution in [0.3, 0.4) is 0 Å². The molecule has 1 aromatic heterocycles. The molecule has 138 valence electrons. The van der Waals surface area contributed by atoms with Gasteiger partial charge in [-0.25, -0.2) is 14.2 Å². The van der Waals surface area contributed by atoms with Gasteiger partial charge in [0.25, 0.3) is 0 Å². The van der Waals surface area contributed by atoms with E-state index in [0.717, 1.165) is 12.8 Å². The van der Waals surface area contributed by atoms with Crippen molar-refractivity contribution in [1.82, 2.24) is 9.88 Å². The lowest BCUT2D eigenvalue weighted by molar-refractivity contribution is 0.145. The van der Waals surface area contributed by atoms with Gasteiger partial charge in [0, 0.05) is 25.2 Å². The van der Waals surface area contributed by atoms with E-state index in [1.807, 2.05) is 0 Å².